The normalized spacial score (nSPS) is 20.3. The Morgan fingerprint density at radius 2 is 1.09 bits per heavy atom. The van der Waals surface area contributed by atoms with Gasteiger partial charge in [0, 0.05) is 67.1 Å². The van der Waals surface area contributed by atoms with Gasteiger partial charge in [-0.1, -0.05) is 82.7 Å². The van der Waals surface area contributed by atoms with Crippen molar-refractivity contribution in [2.75, 3.05) is 38.5 Å². The molecular weight excluding hydrogens is 1680 g/mol. The molecule has 16 amide bonds. The van der Waals surface area contributed by atoms with E-state index < -0.39 is 279 Å². The highest BCUT2D eigenvalue weighted by atomic mass is 16.6. The molecule has 0 bridgehead atoms. The first kappa shape index (κ1) is 105. The van der Waals surface area contributed by atoms with Crippen LogP contribution in [-0.4, -0.2) is 272 Å². The second-order valence-corrected chi connectivity index (χ2v) is 31.0. The van der Waals surface area contributed by atoms with Gasteiger partial charge in [-0.15, -0.1) is 0 Å². The molecule has 25 N–H and O–H groups in total. The highest BCUT2D eigenvalue weighted by molar-refractivity contribution is 6.05. The second kappa shape index (κ2) is 52.6. The summed E-state index contributed by atoms with van der Waals surface area (Å²) < 4.78 is 10.9. The van der Waals surface area contributed by atoms with Crippen molar-refractivity contribution in [1.29, 1.82) is 0 Å². The van der Waals surface area contributed by atoms with E-state index in [0.29, 0.717) is 29.3 Å². The molecule has 1 aliphatic rings. The summed E-state index contributed by atoms with van der Waals surface area (Å²) in [5.74, 6) is -31.2. The van der Waals surface area contributed by atoms with E-state index in [-0.39, 0.29) is 50.0 Å². The molecule has 0 radical (unpaired) electrons. The maximum atomic E-state index is 15.0. The number of esters is 1. The van der Waals surface area contributed by atoms with Gasteiger partial charge in [-0.2, -0.15) is 0 Å². The fourth-order valence-electron chi connectivity index (χ4n) is 12.6. The van der Waals surface area contributed by atoms with Crippen molar-refractivity contribution >= 4 is 147 Å². The lowest BCUT2D eigenvalue weighted by Gasteiger charge is -2.30. The van der Waals surface area contributed by atoms with Crippen molar-refractivity contribution in [3.05, 3.63) is 65.9 Å². The molecule has 47 heteroatoms. The van der Waals surface area contributed by atoms with E-state index in [0.717, 1.165) is 52.9 Å². The number of carbonyl (C=O) groups excluding carboxylic acids is 18. The standard InChI is InChI=1S/C80H114N18O29/c1-8-9-10-11-12-13-14-25-59(103)90-49(30-43-36-85-47-23-18-16-20-44(43)47)72(118)93-50(32-57(82)101)73(119)95-53(35-65(112)113)74(120)98-67-42(4)126-78(124)54(31-56(100)45-21-15-17-22-46(45)81)96-77(123)66(40(2)29-62(106)107)97-75(121)55(39-99)91-61(105)37-86-69(115)51(33-63(108)109)92-68(114)41(3)88-71(117)52(34-64(110)111)94-70(116)48(89-60(104)38-87-76(67)122)24-19-27-83-58(102)26-28-84-79(125)127-80(5,6)7/h15-18,20-23,36,40-42,48-55,66-67,85,99H,8-14,19,24-35,37-39,81H2,1-7H3,(H2,82,101)(H,83,102)(H,84,125)(H,86,115)(H,87,122)(H,88,117)(H,89,104)(H,90,103)(H,91,105)(H,92,114)(H,93,118)(H,94,116)(H,95,119)(H,96,123)(H,97,121)(H,98,120)(H,106,107)(H,108,109)(H,110,111)(H,112,113). The molecule has 4 rings (SSSR count). The highest BCUT2D eigenvalue weighted by Gasteiger charge is 2.41. The summed E-state index contributed by atoms with van der Waals surface area (Å²) in [6, 6.07) is -11.3. The SMILES string of the molecule is CCCCCCCCCC(=O)NC(Cc1c[nH]c2ccccc12)C(=O)NC(CC(N)=O)C(=O)NC(CC(=O)O)C(=O)NC1C(=O)NCC(=O)NC(CCCNC(=O)CCNC(=O)OC(C)(C)C)C(=O)NC(CC(=O)O)C(=O)NC(C)C(=O)NC(CC(=O)O)C(=O)NCC(=O)NC(CO)C(=O)NC(C(C)CC(=O)O)C(=O)NC(CC(=O)c2ccccc2N)C(=O)OC1C. The third kappa shape index (κ3) is 38.4. The van der Waals surface area contributed by atoms with Crippen LogP contribution in [0.15, 0.2) is 54.7 Å². The number of fused-ring (bicyclic) bond motifs is 1. The summed E-state index contributed by atoms with van der Waals surface area (Å²) in [6.07, 6.45) is -4.31. The number of aliphatic carboxylic acids is 4. The predicted octanol–water partition coefficient (Wildman–Crippen LogP) is -4.55. The molecule has 1 saturated heterocycles. The minimum absolute atomic E-state index is 0.0366. The fourth-order valence-corrected chi connectivity index (χ4v) is 12.6. The van der Waals surface area contributed by atoms with Crippen LogP contribution in [-0.2, 0) is 112 Å². The Morgan fingerprint density at radius 1 is 0.543 bits per heavy atom. The number of para-hydroxylation sites is 2. The lowest BCUT2D eigenvalue weighted by molar-refractivity contribution is -0.156. The summed E-state index contributed by atoms with van der Waals surface area (Å²) in [5.41, 5.74) is 11.4. The minimum atomic E-state index is -2.51. The number of hydrogen-bond acceptors (Lipinski definition) is 26. The quantitative estimate of drug-likeness (QED) is 0.0111. The number of carboxylic acids is 4. The second-order valence-electron chi connectivity index (χ2n) is 31.0. The van der Waals surface area contributed by atoms with Crippen LogP contribution < -0.4 is 91.2 Å². The van der Waals surface area contributed by atoms with Gasteiger partial charge in [-0.05, 0) is 83.6 Å². The number of benzene rings is 2. The zero-order valence-corrected chi connectivity index (χ0v) is 71.2. The molecule has 0 spiro atoms. The number of amides is 16. The zero-order chi connectivity index (χ0) is 94.9. The van der Waals surface area contributed by atoms with Crippen LogP contribution in [0, 0.1) is 5.92 Å². The molecule has 2 aromatic carbocycles. The average Bonchev–Trinajstić information content (AvgIpc) is 1.70. The smallest absolute Gasteiger partial charge is 0.407 e. The first-order valence-electron chi connectivity index (χ1n) is 40.8. The van der Waals surface area contributed by atoms with Crippen LogP contribution in [0.1, 0.15) is 174 Å². The van der Waals surface area contributed by atoms with Crippen molar-refractivity contribution in [3.63, 3.8) is 0 Å². The number of carboxylic acid groups (broad SMARTS) is 4. The maximum Gasteiger partial charge on any atom is 0.407 e. The largest absolute Gasteiger partial charge is 0.481 e. The molecule has 1 fully saturated rings. The van der Waals surface area contributed by atoms with E-state index in [1.165, 1.54) is 24.3 Å². The number of Topliss-reactive ketones (excluding diaryl/α,β-unsaturated/α-hetero) is 1. The summed E-state index contributed by atoms with van der Waals surface area (Å²) in [7, 11) is 0. The van der Waals surface area contributed by atoms with Gasteiger partial charge >= 0.3 is 35.9 Å². The average molecular weight is 1790 g/mol. The van der Waals surface area contributed by atoms with Crippen molar-refractivity contribution in [3.8, 4) is 0 Å². The fraction of sp³-hybridized carbons (Fsp3) is 0.550. The zero-order valence-electron chi connectivity index (χ0n) is 71.2. The number of aromatic nitrogens is 1. The molecule has 127 heavy (non-hydrogen) atoms. The topological polar surface area (TPSA) is 743 Å². The number of ether oxygens (including phenoxy) is 2. The number of primary amides is 1. The number of nitrogen functional groups attached to an aromatic ring is 1. The third-order valence-electron chi connectivity index (χ3n) is 19.2. The van der Waals surface area contributed by atoms with Gasteiger partial charge in [0.2, 0.25) is 88.6 Å². The number of alkyl carbamates (subject to hydrolysis) is 1. The van der Waals surface area contributed by atoms with Crippen molar-refractivity contribution in [1.82, 2.24) is 84.7 Å². The molecule has 1 aromatic heterocycles. The molecule has 0 saturated carbocycles. The highest BCUT2D eigenvalue weighted by Crippen LogP contribution is 2.22. The maximum absolute atomic E-state index is 15.0. The molecule has 47 nitrogen and oxygen atoms in total. The van der Waals surface area contributed by atoms with Gasteiger partial charge in [0.25, 0.3) is 0 Å². The van der Waals surface area contributed by atoms with Crippen LogP contribution in [0.4, 0.5) is 10.5 Å². The Morgan fingerprint density at radius 3 is 1.70 bits per heavy atom. The molecule has 3 aromatic rings. The van der Waals surface area contributed by atoms with E-state index in [2.05, 4.69) is 75.7 Å². The number of nitrogens with two attached hydrogens (primary N) is 2. The molecular formula is C80H114N18O29. The molecule has 2 heterocycles. The summed E-state index contributed by atoms with van der Waals surface area (Å²) >= 11 is 0. The number of H-pyrrole nitrogens is 1. The molecule has 13 unspecified atom stereocenters. The number of nitrogens with one attached hydrogen (secondary N) is 16. The van der Waals surface area contributed by atoms with Gasteiger partial charge in [-0.25, -0.2) is 9.59 Å². The van der Waals surface area contributed by atoms with Crippen LogP contribution in [0.5, 0.6) is 0 Å². The van der Waals surface area contributed by atoms with Gasteiger partial charge in [0.1, 0.15) is 78.2 Å². The van der Waals surface area contributed by atoms with Gasteiger partial charge in [-0.3, -0.25) is 95.9 Å². The third-order valence-corrected chi connectivity index (χ3v) is 19.2. The monoisotopic (exact) mass is 1790 g/mol. The summed E-state index contributed by atoms with van der Waals surface area (Å²) in [5, 5.41) is 83.9. The van der Waals surface area contributed by atoms with E-state index in [9.17, 15) is 131 Å². The first-order valence-corrected chi connectivity index (χ1v) is 40.8. The van der Waals surface area contributed by atoms with Crippen molar-refractivity contribution in [2.45, 2.75) is 242 Å². The molecule has 0 aliphatic carbocycles. The van der Waals surface area contributed by atoms with Crippen molar-refractivity contribution in [2.24, 2.45) is 11.7 Å². The number of unbranched alkanes of at least 4 members (excludes halogenated alkanes) is 6. The van der Waals surface area contributed by atoms with Gasteiger partial charge in [0.05, 0.1) is 51.8 Å². The number of ketones is 1. The number of aliphatic hydroxyl groups is 1. The van der Waals surface area contributed by atoms with E-state index in [1.807, 2.05) is 16.0 Å². The minimum Gasteiger partial charge on any atom is -0.481 e. The first-order chi connectivity index (χ1) is 59.8. The van der Waals surface area contributed by atoms with Gasteiger partial charge in [0.15, 0.2) is 5.78 Å². The Kier molecular flexibility index (Phi) is 43.7. The van der Waals surface area contributed by atoms with Crippen LogP contribution in [0.2, 0.25) is 0 Å². The number of aliphatic hydroxyl groups excluding tert-OH is 1. The Bertz CT molecular complexity index is 4470. The predicted molar refractivity (Wildman–Crippen MR) is 443 cm³/mol. The number of carbonyl (C=O) groups is 22. The van der Waals surface area contributed by atoms with E-state index >= 15 is 0 Å². The number of rotatable bonds is 39. The number of aromatic amines is 1. The van der Waals surface area contributed by atoms with Crippen molar-refractivity contribution < 1.29 is 140 Å². The number of anilines is 1. The lowest BCUT2D eigenvalue weighted by atomic mass is 9.96. The Labute approximate surface area is 727 Å². The van der Waals surface area contributed by atoms with E-state index in [1.54, 1.807) is 51.2 Å². The summed E-state index contributed by atoms with van der Waals surface area (Å²) in [4.78, 5) is 304. The Hall–Kier alpha value is -13.9. The molecule has 698 valence electrons. The van der Waals surface area contributed by atoms with E-state index in [4.69, 9.17) is 20.9 Å². The van der Waals surface area contributed by atoms with Crippen LogP contribution in [0.3, 0.4) is 0 Å². The lowest BCUT2D eigenvalue weighted by Crippen LogP contribution is -2.62. The number of hydrogen-bond donors (Lipinski definition) is 23. The Balaban J connectivity index is 1.92. The molecule has 1 aliphatic heterocycles. The van der Waals surface area contributed by atoms with Crippen LogP contribution in [0.25, 0.3) is 10.9 Å². The summed E-state index contributed by atoms with van der Waals surface area (Å²) in [6.45, 7) is 5.29. The van der Waals surface area contributed by atoms with Crippen LogP contribution >= 0.6 is 0 Å². The molecule has 13 atom stereocenters. The number of cyclic esters (lactones) is 1. The van der Waals surface area contributed by atoms with Gasteiger partial charge < -0.3 is 131 Å².